The number of anilines is 1. The lowest BCUT2D eigenvalue weighted by Crippen LogP contribution is -2.33. The standard InChI is InChI=1S/C23H21ClN4O3/c24-22-13-17(10-11-25-22)27-23(29)26-14-18-12-19(31-28-18)15-30-21-9-5-4-8-20(21)16-6-2-1-3-7-16/h1-11,13,19H,12,14-15H2,(H2,25,26,27,29). The van der Waals surface area contributed by atoms with Crippen LogP contribution in [0.25, 0.3) is 11.1 Å². The number of halogens is 1. The fourth-order valence-electron chi connectivity index (χ4n) is 3.15. The molecule has 0 saturated heterocycles. The Hall–Kier alpha value is -3.58. The molecule has 0 spiro atoms. The van der Waals surface area contributed by atoms with Gasteiger partial charge in [0.2, 0.25) is 0 Å². The molecule has 1 atom stereocenters. The fraction of sp³-hybridized carbons (Fsp3) is 0.174. The summed E-state index contributed by atoms with van der Waals surface area (Å²) in [6.07, 6.45) is 1.89. The van der Waals surface area contributed by atoms with Gasteiger partial charge in [0.1, 0.15) is 17.5 Å². The van der Waals surface area contributed by atoms with Gasteiger partial charge in [0.15, 0.2) is 6.10 Å². The molecular formula is C23H21ClN4O3. The second-order valence-electron chi connectivity index (χ2n) is 6.94. The molecule has 0 aliphatic carbocycles. The van der Waals surface area contributed by atoms with Gasteiger partial charge < -0.3 is 20.2 Å². The first-order chi connectivity index (χ1) is 15.2. The summed E-state index contributed by atoms with van der Waals surface area (Å²) in [5.41, 5.74) is 3.42. The van der Waals surface area contributed by atoms with Crippen molar-refractivity contribution in [1.82, 2.24) is 10.3 Å². The Morgan fingerprint density at radius 3 is 2.77 bits per heavy atom. The van der Waals surface area contributed by atoms with Crippen molar-refractivity contribution in [3.8, 4) is 16.9 Å². The molecule has 1 aliphatic rings. The summed E-state index contributed by atoms with van der Waals surface area (Å²) in [6.45, 7) is 0.639. The van der Waals surface area contributed by atoms with Crippen LogP contribution in [0.3, 0.4) is 0 Å². The van der Waals surface area contributed by atoms with Crippen LogP contribution in [0.2, 0.25) is 5.15 Å². The van der Waals surface area contributed by atoms with Crippen molar-refractivity contribution in [3.05, 3.63) is 78.1 Å². The molecule has 4 rings (SSSR count). The van der Waals surface area contributed by atoms with Crippen molar-refractivity contribution in [2.75, 3.05) is 18.5 Å². The normalized spacial score (nSPS) is 15.0. The van der Waals surface area contributed by atoms with Crippen LogP contribution >= 0.6 is 11.6 Å². The average molecular weight is 437 g/mol. The summed E-state index contributed by atoms with van der Waals surface area (Å²) >= 11 is 5.81. The van der Waals surface area contributed by atoms with Crippen LogP contribution < -0.4 is 15.4 Å². The zero-order chi connectivity index (χ0) is 21.5. The number of pyridine rings is 1. The van der Waals surface area contributed by atoms with Crippen LogP contribution in [0.1, 0.15) is 6.42 Å². The first-order valence-electron chi connectivity index (χ1n) is 9.82. The molecule has 158 valence electrons. The van der Waals surface area contributed by atoms with Crippen LogP contribution in [0.4, 0.5) is 10.5 Å². The van der Waals surface area contributed by atoms with E-state index in [-0.39, 0.29) is 18.7 Å². The molecule has 0 radical (unpaired) electrons. The topological polar surface area (TPSA) is 84.8 Å². The van der Waals surface area contributed by atoms with Gasteiger partial charge in [-0.3, -0.25) is 0 Å². The van der Waals surface area contributed by atoms with Crippen LogP contribution in [0, 0.1) is 0 Å². The molecule has 7 nitrogen and oxygen atoms in total. The molecular weight excluding hydrogens is 416 g/mol. The van der Waals surface area contributed by atoms with Crippen LogP contribution in [0.5, 0.6) is 5.75 Å². The Kier molecular flexibility index (Phi) is 6.64. The summed E-state index contributed by atoms with van der Waals surface area (Å²) in [5.74, 6) is 0.791. The number of nitrogens with zero attached hydrogens (tertiary/aromatic N) is 2. The zero-order valence-electron chi connectivity index (χ0n) is 16.6. The van der Waals surface area contributed by atoms with Gasteiger partial charge in [0, 0.05) is 23.9 Å². The molecule has 0 fully saturated rings. The number of aromatic nitrogens is 1. The van der Waals surface area contributed by atoms with E-state index >= 15 is 0 Å². The van der Waals surface area contributed by atoms with Crippen LogP contribution in [0.15, 0.2) is 78.1 Å². The van der Waals surface area contributed by atoms with Gasteiger partial charge in [-0.05, 0) is 23.8 Å². The number of amides is 2. The second kappa shape index (κ2) is 9.95. The maximum absolute atomic E-state index is 12.0. The summed E-state index contributed by atoms with van der Waals surface area (Å²) in [5, 5.41) is 9.82. The number of hydrogen-bond donors (Lipinski definition) is 2. The molecule has 2 aromatic carbocycles. The van der Waals surface area contributed by atoms with Gasteiger partial charge >= 0.3 is 6.03 Å². The van der Waals surface area contributed by atoms with Gasteiger partial charge in [-0.2, -0.15) is 0 Å². The van der Waals surface area contributed by atoms with Gasteiger partial charge in [0.05, 0.1) is 12.3 Å². The minimum absolute atomic E-state index is 0.206. The summed E-state index contributed by atoms with van der Waals surface area (Å²) < 4.78 is 6.02. The highest BCUT2D eigenvalue weighted by atomic mass is 35.5. The van der Waals surface area contributed by atoms with Crippen molar-refractivity contribution < 1.29 is 14.4 Å². The van der Waals surface area contributed by atoms with Gasteiger partial charge in [-0.15, -0.1) is 0 Å². The number of para-hydroxylation sites is 1. The summed E-state index contributed by atoms with van der Waals surface area (Å²) in [6, 6.07) is 20.8. The van der Waals surface area contributed by atoms with Crippen molar-refractivity contribution >= 4 is 29.0 Å². The quantitative estimate of drug-likeness (QED) is 0.523. The number of rotatable bonds is 7. The summed E-state index contributed by atoms with van der Waals surface area (Å²) in [7, 11) is 0. The molecule has 2 heterocycles. The number of oxime groups is 1. The fourth-order valence-corrected chi connectivity index (χ4v) is 3.32. The highest BCUT2D eigenvalue weighted by Crippen LogP contribution is 2.30. The largest absolute Gasteiger partial charge is 0.489 e. The molecule has 1 aromatic heterocycles. The molecule has 2 amide bonds. The molecule has 0 bridgehead atoms. The predicted molar refractivity (Wildman–Crippen MR) is 121 cm³/mol. The maximum atomic E-state index is 12.0. The number of nitrogens with one attached hydrogen (secondary N) is 2. The van der Waals surface area contributed by atoms with Crippen molar-refractivity contribution in [3.63, 3.8) is 0 Å². The number of carbonyl (C=O) groups excluding carboxylic acids is 1. The Labute approximate surface area is 185 Å². The minimum Gasteiger partial charge on any atom is -0.489 e. The highest BCUT2D eigenvalue weighted by molar-refractivity contribution is 6.29. The summed E-state index contributed by atoms with van der Waals surface area (Å²) in [4.78, 5) is 21.4. The molecule has 1 unspecified atom stereocenters. The molecule has 3 aromatic rings. The molecule has 0 saturated carbocycles. The van der Waals surface area contributed by atoms with Gasteiger partial charge in [-0.1, -0.05) is 65.3 Å². The number of benzene rings is 2. The lowest BCUT2D eigenvalue weighted by Gasteiger charge is -2.14. The van der Waals surface area contributed by atoms with E-state index in [9.17, 15) is 4.79 Å². The monoisotopic (exact) mass is 436 g/mol. The Bertz CT molecular complexity index is 1080. The van der Waals surface area contributed by atoms with E-state index in [1.54, 1.807) is 12.1 Å². The number of carbonyl (C=O) groups is 1. The predicted octanol–water partition coefficient (Wildman–Crippen LogP) is 4.75. The average Bonchev–Trinajstić information content (AvgIpc) is 3.25. The third kappa shape index (κ3) is 5.73. The maximum Gasteiger partial charge on any atom is 0.319 e. The van der Waals surface area contributed by atoms with Crippen molar-refractivity contribution in [1.29, 1.82) is 0 Å². The first-order valence-corrected chi connectivity index (χ1v) is 10.2. The SMILES string of the molecule is O=C(NCC1=NOC(COc2ccccc2-c2ccccc2)C1)Nc1ccnc(Cl)c1. The molecule has 1 aliphatic heterocycles. The van der Waals surface area contributed by atoms with E-state index in [1.807, 2.05) is 54.6 Å². The first kappa shape index (κ1) is 20.7. The van der Waals surface area contributed by atoms with Crippen LogP contribution in [-0.2, 0) is 4.84 Å². The van der Waals surface area contributed by atoms with E-state index in [4.69, 9.17) is 21.2 Å². The lowest BCUT2D eigenvalue weighted by atomic mass is 10.0. The number of hydrogen-bond acceptors (Lipinski definition) is 5. The van der Waals surface area contributed by atoms with Crippen molar-refractivity contribution in [2.45, 2.75) is 12.5 Å². The lowest BCUT2D eigenvalue weighted by molar-refractivity contribution is 0.0472. The van der Waals surface area contributed by atoms with Crippen LogP contribution in [-0.4, -0.2) is 36.0 Å². The second-order valence-corrected chi connectivity index (χ2v) is 7.32. The minimum atomic E-state index is -0.360. The third-order valence-corrected chi connectivity index (χ3v) is 4.83. The number of ether oxygens (including phenoxy) is 1. The van der Waals surface area contributed by atoms with E-state index < -0.39 is 0 Å². The third-order valence-electron chi connectivity index (χ3n) is 4.63. The van der Waals surface area contributed by atoms with E-state index in [1.165, 1.54) is 6.20 Å². The smallest absolute Gasteiger partial charge is 0.319 e. The van der Waals surface area contributed by atoms with Crippen molar-refractivity contribution in [2.24, 2.45) is 5.16 Å². The van der Waals surface area contributed by atoms with E-state index in [0.717, 1.165) is 22.6 Å². The molecule has 8 heteroatoms. The number of urea groups is 1. The Morgan fingerprint density at radius 1 is 1.13 bits per heavy atom. The van der Waals surface area contributed by atoms with Gasteiger partial charge in [0.25, 0.3) is 0 Å². The highest BCUT2D eigenvalue weighted by Gasteiger charge is 2.22. The van der Waals surface area contributed by atoms with E-state index in [2.05, 4.69) is 20.8 Å². The Balaban J connectivity index is 1.24. The Morgan fingerprint density at radius 2 is 1.94 bits per heavy atom. The molecule has 31 heavy (non-hydrogen) atoms. The van der Waals surface area contributed by atoms with Gasteiger partial charge in [-0.25, -0.2) is 9.78 Å². The molecule has 2 N–H and O–H groups in total. The zero-order valence-corrected chi connectivity index (χ0v) is 17.4. The van der Waals surface area contributed by atoms with E-state index in [0.29, 0.717) is 23.9 Å².